The normalized spacial score (nSPS) is 33.1. The van der Waals surface area contributed by atoms with Crippen LogP contribution in [0, 0.1) is 0 Å². The van der Waals surface area contributed by atoms with E-state index in [1.807, 2.05) is 18.2 Å². The lowest BCUT2D eigenvalue weighted by Gasteiger charge is -2.36. The molecule has 1 aromatic carbocycles. The van der Waals surface area contributed by atoms with E-state index in [9.17, 15) is 4.79 Å². The van der Waals surface area contributed by atoms with Crippen molar-refractivity contribution < 1.29 is 19.0 Å². The second-order valence-corrected chi connectivity index (χ2v) is 5.28. The highest BCUT2D eigenvalue weighted by Crippen LogP contribution is 2.31. The molecule has 4 atom stereocenters. The molecule has 0 radical (unpaired) electrons. The van der Waals surface area contributed by atoms with Crippen LogP contribution in [-0.2, 0) is 25.5 Å². The van der Waals surface area contributed by atoms with Gasteiger partial charge in [0.15, 0.2) is 12.4 Å². The van der Waals surface area contributed by atoms with E-state index >= 15 is 0 Å². The van der Waals surface area contributed by atoms with Crippen LogP contribution in [0.3, 0.4) is 0 Å². The Morgan fingerprint density at radius 2 is 2.10 bits per heavy atom. The Kier molecular flexibility index (Phi) is 3.74. The number of hydrogen-bond donors (Lipinski definition) is 0. The minimum absolute atomic E-state index is 0.112. The van der Waals surface area contributed by atoms with Crippen LogP contribution < -0.4 is 0 Å². The monoisotopic (exact) mass is 277 g/mol. The summed E-state index contributed by atoms with van der Waals surface area (Å²) in [6.45, 7) is 3.56. The van der Waals surface area contributed by atoms with E-state index in [1.54, 1.807) is 0 Å². The average Bonchev–Trinajstić information content (AvgIpc) is 2.84. The van der Waals surface area contributed by atoms with Gasteiger partial charge in [0.1, 0.15) is 6.10 Å². The van der Waals surface area contributed by atoms with Gasteiger partial charge in [-0.15, -0.1) is 0 Å². The Hall–Kier alpha value is -1.43. The molecule has 108 valence electrons. The van der Waals surface area contributed by atoms with Crippen molar-refractivity contribution in [2.24, 2.45) is 0 Å². The van der Waals surface area contributed by atoms with Gasteiger partial charge in [0.05, 0.1) is 13.2 Å². The first-order valence-electron chi connectivity index (χ1n) is 6.86. The van der Waals surface area contributed by atoms with Gasteiger partial charge in [-0.2, -0.15) is 0 Å². The third kappa shape index (κ3) is 2.44. The summed E-state index contributed by atoms with van der Waals surface area (Å²) < 4.78 is 16.2. The maximum atomic E-state index is 11.7. The van der Waals surface area contributed by atoms with Crippen LogP contribution in [0.4, 0.5) is 0 Å². The van der Waals surface area contributed by atoms with E-state index in [4.69, 9.17) is 14.2 Å². The molecule has 0 aliphatic carbocycles. The van der Waals surface area contributed by atoms with Crippen LogP contribution in [0.2, 0.25) is 0 Å². The van der Waals surface area contributed by atoms with Crippen molar-refractivity contribution in [1.82, 2.24) is 4.90 Å². The zero-order valence-corrected chi connectivity index (χ0v) is 11.7. The van der Waals surface area contributed by atoms with Gasteiger partial charge in [-0.1, -0.05) is 30.3 Å². The lowest BCUT2D eigenvalue weighted by Crippen LogP contribution is -2.50. The predicted octanol–water partition coefficient (Wildman–Crippen LogP) is 1.17. The summed E-state index contributed by atoms with van der Waals surface area (Å²) in [5.74, 6) is -0.355. The summed E-state index contributed by atoms with van der Waals surface area (Å²) in [6.07, 6.45) is -1.21. The first kappa shape index (κ1) is 13.5. The molecule has 2 heterocycles. The van der Waals surface area contributed by atoms with Gasteiger partial charge in [0, 0.05) is 13.1 Å². The molecule has 0 spiro atoms. The van der Waals surface area contributed by atoms with Gasteiger partial charge in [-0.25, -0.2) is 4.79 Å². The Bertz CT molecular complexity index is 478. The molecule has 20 heavy (non-hydrogen) atoms. The summed E-state index contributed by atoms with van der Waals surface area (Å²) in [6, 6.07) is 10.4. The van der Waals surface area contributed by atoms with Gasteiger partial charge in [-0.05, 0) is 12.5 Å². The molecule has 5 heteroatoms. The van der Waals surface area contributed by atoms with Gasteiger partial charge in [-0.3, -0.25) is 4.90 Å². The Labute approximate surface area is 118 Å². The van der Waals surface area contributed by atoms with Crippen molar-refractivity contribution >= 4 is 5.97 Å². The first-order chi connectivity index (χ1) is 9.69. The smallest absolute Gasteiger partial charge is 0.337 e. The first-order valence-corrected chi connectivity index (χ1v) is 6.86. The molecule has 1 aromatic rings. The van der Waals surface area contributed by atoms with Crippen molar-refractivity contribution in [1.29, 1.82) is 0 Å². The second kappa shape index (κ2) is 5.52. The molecule has 2 fully saturated rings. The van der Waals surface area contributed by atoms with Crippen LogP contribution in [0.25, 0.3) is 0 Å². The zero-order chi connectivity index (χ0) is 14.1. The number of rotatable bonds is 3. The number of hydrogen-bond acceptors (Lipinski definition) is 5. The number of nitrogens with zero attached hydrogens (tertiary/aromatic N) is 1. The molecule has 0 unspecified atom stereocenters. The van der Waals surface area contributed by atoms with E-state index in [-0.39, 0.29) is 24.4 Å². The lowest BCUT2D eigenvalue weighted by atomic mass is 10.1. The highest BCUT2D eigenvalue weighted by molar-refractivity contribution is 5.75. The summed E-state index contributed by atoms with van der Waals surface area (Å²) in [7, 11) is 1.37. The van der Waals surface area contributed by atoms with Crippen molar-refractivity contribution in [3.63, 3.8) is 0 Å². The fourth-order valence-corrected chi connectivity index (χ4v) is 2.79. The van der Waals surface area contributed by atoms with Gasteiger partial charge >= 0.3 is 5.97 Å². The van der Waals surface area contributed by atoms with Crippen molar-refractivity contribution in [2.75, 3.05) is 13.7 Å². The van der Waals surface area contributed by atoms with Crippen LogP contribution in [-0.4, -0.2) is 49.1 Å². The maximum Gasteiger partial charge on any atom is 0.337 e. The van der Waals surface area contributed by atoms with Crippen LogP contribution in [0.5, 0.6) is 0 Å². The molecule has 0 N–H and O–H groups in total. The third-order valence-electron chi connectivity index (χ3n) is 3.97. The molecule has 3 rings (SSSR count). The molecule has 0 saturated carbocycles. The van der Waals surface area contributed by atoms with Crippen molar-refractivity contribution in [3.05, 3.63) is 35.9 Å². The molecule has 0 amide bonds. The van der Waals surface area contributed by atoms with Crippen LogP contribution in [0.15, 0.2) is 30.3 Å². The van der Waals surface area contributed by atoms with E-state index in [0.29, 0.717) is 6.54 Å². The minimum Gasteiger partial charge on any atom is -0.467 e. The summed E-state index contributed by atoms with van der Waals surface area (Å²) in [4.78, 5) is 14.0. The quantitative estimate of drug-likeness (QED) is 0.776. The highest BCUT2D eigenvalue weighted by Gasteiger charge is 2.49. The number of carbonyl (C=O) groups is 1. The summed E-state index contributed by atoms with van der Waals surface area (Å²) >= 11 is 0. The average molecular weight is 277 g/mol. The van der Waals surface area contributed by atoms with Gasteiger partial charge < -0.3 is 14.2 Å². The molecule has 0 aromatic heterocycles. The second-order valence-electron chi connectivity index (χ2n) is 5.28. The standard InChI is InChI=1S/C15H19NO4/c1-10-15-19-12(13(20-15)14(17)18-2)9-16(10)8-11-6-4-3-5-7-11/h3-7,10,12-13,15H,8-9H2,1-2H3/t10-,12-,13+,15-/m0/s1. The van der Waals surface area contributed by atoms with Gasteiger partial charge in [0.2, 0.25) is 0 Å². The Balaban J connectivity index is 1.71. The molecule has 5 nitrogen and oxygen atoms in total. The Morgan fingerprint density at radius 1 is 1.35 bits per heavy atom. The van der Waals surface area contributed by atoms with E-state index in [1.165, 1.54) is 12.7 Å². The maximum absolute atomic E-state index is 11.7. The molecule has 2 aliphatic rings. The lowest BCUT2D eigenvalue weighted by molar-refractivity contribution is -0.159. The van der Waals surface area contributed by atoms with E-state index in [2.05, 4.69) is 24.0 Å². The fraction of sp³-hybridized carbons (Fsp3) is 0.533. The highest BCUT2D eigenvalue weighted by atomic mass is 16.7. The molecular formula is C15H19NO4. The number of benzene rings is 1. The van der Waals surface area contributed by atoms with Crippen molar-refractivity contribution in [2.45, 2.75) is 38.0 Å². The van der Waals surface area contributed by atoms with Gasteiger partial charge in [0.25, 0.3) is 0 Å². The van der Waals surface area contributed by atoms with E-state index in [0.717, 1.165) is 6.54 Å². The number of fused-ring (bicyclic) bond motifs is 2. The number of esters is 1. The largest absolute Gasteiger partial charge is 0.467 e. The number of ether oxygens (including phenoxy) is 3. The zero-order valence-electron chi connectivity index (χ0n) is 11.7. The molecular weight excluding hydrogens is 258 g/mol. The molecule has 2 bridgehead atoms. The number of methoxy groups -OCH3 is 1. The Morgan fingerprint density at radius 3 is 2.80 bits per heavy atom. The SMILES string of the molecule is COC(=O)[C@@H]1O[C@@H]2O[C@H]1CN(Cc1ccccc1)[C@H]2C. The summed E-state index contributed by atoms with van der Waals surface area (Å²) in [5, 5.41) is 0. The fourth-order valence-electron chi connectivity index (χ4n) is 2.79. The van der Waals surface area contributed by atoms with Crippen LogP contribution in [0.1, 0.15) is 12.5 Å². The van der Waals surface area contributed by atoms with Crippen molar-refractivity contribution in [3.8, 4) is 0 Å². The third-order valence-corrected chi connectivity index (χ3v) is 3.97. The summed E-state index contributed by atoms with van der Waals surface area (Å²) in [5.41, 5.74) is 1.25. The number of carbonyl (C=O) groups excluding carboxylic acids is 1. The van der Waals surface area contributed by atoms with Crippen LogP contribution >= 0.6 is 0 Å². The predicted molar refractivity (Wildman–Crippen MR) is 71.9 cm³/mol. The van der Waals surface area contributed by atoms with E-state index < -0.39 is 6.10 Å². The molecule has 2 aliphatic heterocycles. The minimum atomic E-state index is -0.603. The topological polar surface area (TPSA) is 48.0 Å². The molecule has 2 saturated heterocycles. The number of morpholine rings is 1.